The quantitative estimate of drug-likeness (QED) is 0.450. The number of rotatable bonds is 5. The van der Waals surface area contributed by atoms with Crippen LogP contribution in [-0.2, 0) is 4.79 Å². The van der Waals surface area contributed by atoms with Gasteiger partial charge in [-0.25, -0.2) is 4.98 Å². The smallest absolute Gasteiger partial charge is 0.228 e. The van der Waals surface area contributed by atoms with Crippen LogP contribution in [0.15, 0.2) is 78.9 Å². The van der Waals surface area contributed by atoms with Crippen molar-refractivity contribution in [3.63, 3.8) is 0 Å². The average Bonchev–Trinajstić information content (AvgIpc) is 3.43. The van der Waals surface area contributed by atoms with Gasteiger partial charge in [0.25, 0.3) is 0 Å². The number of carbonyl (C=O) groups excluding carboxylic acids is 1. The van der Waals surface area contributed by atoms with Gasteiger partial charge in [-0.15, -0.1) is 0 Å². The topological polar surface area (TPSA) is 70.7 Å². The molecule has 0 radical (unpaired) electrons. The van der Waals surface area contributed by atoms with Gasteiger partial charge < -0.3 is 5.32 Å². The molecular weight excluding hydrogens is 396 g/mol. The number of H-pyrrole nitrogens is 1. The standard InChI is InChI=1S/C24H19ClN4O/c25-20-12-6-4-10-16(20)18-14-19(18)24(30)26-21-13-7-5-11-17(21)23-27-22(28-29-23)15-8-2-1-3-9-15/h1-13,18-19H,14H2,(H,26,30)(H,27,28,29). The fourth-order valence-electron chi connectivity index (χ4n) is 3.73. The second-order valence-electron chi connectivity index (χ2n) is 7.38. The normalized spacial score (nSPS) is 17.5. The van der Waals surface area contributed by atoms with E-state index in [9.17, 15) is 4.79 Å². The molecule has 1 saturated carbocycles. The number of aromatic nitrogens is 3. The number of carbonyl (C=O) groups is 1. The Hall–Kier alpha value is -3.44. The van der Waals surface area contributed by atoms with Crippen LogP contribution < -0.4 is 5.32 Å². The number of benzene rings is 3. The van der Waals surface area contributed by atoms with Crippen LogP contribution in [0.4, 0.5) is 5.69 Å². The van der Waals surface area contributed by atoms with E-state index < -0.39 is 0 Å². The predicted molar refractivity (Wildman–Crippen MR) is 118 cm³/mol. The molecule has 2 unspecified atom stereocenters. The maximum atomic E-state index is 12.9. The van der Waals surface area contributed by atoms with Crippen LogP contribution in [0.2, 0.25) is 5.02 Å². The first-order valence-electron chi connectivity index (χ1n) is 9.83. The summed E-state index contributed by atoms with van der Waals surface area (Å²) in [5, 5.41) is 11.1. The van der Waals surface area contributed by atoms with Gasteiger partial charge in [-0.3, -0.25) is 9.89 Å². The van der Waals surface area contributed by atoms with Crippen molar-refractivity contribution in [3.05, 3.63) is 89.4 Å². The number of nitrogens with one attached hydrogen (secondary N) is 2. The summed E-state index contributed by atoms with van der Waals surface area (Å²) in [5.74, 6) is 1.32. The minimum atomic E-state index is -0.0763. The van der Waals surface area contributed by atoms with Crippen LogP contribution in [-0.4, -0.2) is 21.1 Å². The number of anilines is 1. The Bertz CT molecular complexity index is 1200. The van der Waals surface area contributed by atoms with Crippen molar-refractivity contribution < 1.29 is 4.79 Å². The SMILES string of the molecule is O=C(Nc1ccccc1-c1nc(-c2ccccc2)n[nH]1)C1CC1c1ccccc1Cl. The number of hydrogen-bond acceptors (Lipinski definition) is 3. The zero-order valence-electron chi connectivity index (χ0n) is 16.0. The van der Waals surface area contributed by atoms with Crippen LogP contribution in [0.25, 0.3) is 22.8 Å². The van der Waals surface area contributed by atoms with Crippen molar-refractivity contribution in [2.45, 2.75) is 12.3 Å². The highest BCUT2D eigenvalue weighted by Crippen LogP contribution is 2.50. The van der Waals surface area contributed by atoms with Crippen LogP contribution in [0.5, 0.6) is 0 Å². The van der Waals surface area contributed by atoms with Crippen molar-refractivity contribution in [1.82, 2.24) is 15.2 Å². The van der Waals surface area contributed by atoms with Gasteiger partial charge in [0.15, 0.2) is 11.6 Å². The number of aromatic amines is 1. The van der Waals surface area contributed by atoms with E-state index in [0.717, 1.165) is 23.1 Å². The minimum Gasteiger partial charge on any atom is -0.325 e. The van der Waals surface area contributed by atoms with Gasteiger partial charge in [0.2, 0.25) is 5.91 Å². The Labute approximate surface area is 179 Å². The molecule has 0 bridgehead atoms. The highest BCUT2D eigenvalue weighted by molar-refractivity contribution is 6.31. The van der Waals surface area contributed by atoms with Crippen molar-refractivity contribution in [2.75, 3.05) is 5.32 Å². The number of para-hydroxylation sites is 1. The Balaban J connectivity index is 1.36. The third-order valence-electron chi connectivity index (χ3n) is 5.39. The first-order chi connectivity index (χ1) is 14.7. The van der Waals surface area contributed by atoms with Gasteiger partial charge in [-0.1, -0.05) is 72.3 Å². The summed E-state index contributed by atoms with van der Waals surface area (Å²) in [7, 11) is 0. The van der Waals surface area contributed by atoms with Gasteiger partial charge in [0.05, 0.1) is 5.69 Å². The zero-order valence-corrected chi connectivity index (χ0v) is 16.8. The maximum Gasteiger partial charge on any atom is 0.228 e. The lowest BCUT2D eigenvalue weighted by Crippen LogP contribution is -2.15. The van der Waals surface area contributed by atoms with Gasteiger partial charge in [-0.05, 0) is 36.1 Å². The summed E-state index contributed by atoms with van der Waals surface area (Å²) in [6.45, 7) is 0. The van der Waals surface area contributed by atoms with E-state index in [-0.39, 0.29) is 17.7 Å². The van der Waals surface area contributed by atoms with Crippen LogP contribution >= 0.6 is 11.6 Å². The lowest BCUT2D eigenvalue weighted by molar-refractivity contribution is -0.117. The first-order valence-corrected chi connectivity index (χ1v) is 10.2. The summed E-state index contributed by atoms with van der Waals surface area (Å²) in [4.78, 5) is 17.5. The third-order valence-corrected chi connectivity index (χ3v) is 5.73. The van der Waals surface area contributed by atoms with E-state index in [0.29, 0.717) is 22.4 Å². The fraction of sp³-hybridized carbons (Fsp3) is 0.125. The van der Waals surface area contributed by atoms with Gasteiger partial charge in [-0.2, -0.15) is 5.10 Å². The Kier molecular flexibility index (Phi) is 4.81. The molecule has 4 aromatic rings. The van der Waals surface area contributed by atoms with Gasteiger partial charge in [0.1, 0.15) is 0 Å². The molecule has 1 heterocycles. The van der Waals surface area contributed by atoms with Crippen molar-refractivity contribution in [1.29, 1.82) is 0 Å². The molecule has 2 atom stereocenters. The van der Waals surface area contributed by atoms with E-state index in [1.807, 2.05) is 78.9 Å². The van der Waals surface area contributed by atoms with Crippen LogP contribution in [0.1, 0.15) is 17.9 Å². The summed E-state index contributed by atoms with van der Waals surface area (Å²) >= 11 is 6.30. The maximum absolute atomic E-state index is 12.9. The lowest BCUT2D eigenvalue weighted by Gasteiger charge is -2.09. The second-order valence-corrected chi connectivity index (χ2v) is 7.79. The predicted octanol–water partition coefficient (Wildman–Crippen LogP) is 5.53. The van der Waals surface area contributed by atoms with Crippen LogP contribution in [0, 0.1) is 5.92 Å². The molecule has 3 aromatic carbocycles. The molecule has 0 aliphatic heterocycles. The summed E-state index contributed by atoms with van der Waals surface area (Å²) in [6, 6.07) is 25.1. The summed E-state index contributed by atoms with van der Waals surface area (Å²) < 4.78 is 0. The molecule has 1 amide bonds. The molecule has 1 aromatic heterocycles. The van der Waals surface area contributed by atoms with E-state index >= 15 is 0 Å². The number of amides is 1. The number of hydrogen-bond donors (Lipinski definition) is 2. The van der Waals surface area contributed by atoms with Crippen molar-refractivity contribution >= 4 is 23.2 Å². The van der Waals surface area contributed by atoms with E-state index in [4.69, 9.17) is 11.6 Å². The summed E-state index contributed by atoms with van der Waals surface area (Å²) in [6.07, 6.45) is 0.804. The number of nitrogens with zero attached hydrogens (tertiary/aromatic N) is 2. The first kappa shape index (κ1) is 18.6. The minimum absolute atomic E-state index is 0.00447. The molecule has 1 aliphatic carbocycles. The molecule has 1 fully saturated rings. The molecule has 30 heavy (non-hydrogen) atoms. The highest BCUT2D eigenvalue weighted by atomic mass is 35.5. The molecule has 0 spiro atoms. The monoisotopic (exact) mass is 414 g/mol. The third kappa shape index (κ3) is 3.60. The fourth-order valence-corrected chi connectivity index (χ4v) is 4.00. The largest absolute Gasteiger partial charge is 0.325 e. The van der Waals surface area contributed by atoms with E-state index in [1.165, 1.54) is 0 Å². The average molecular weight is 415 g/mol. The van der Waals surface area contributed by atoms with Crippen molar-refractivity contribution in [2.24, 2.45) is 5.92 Å². The van der Waals surface area contributed by atoms with Gasteiger partial charge in [0, 0.05) is 22.1 Å². The van der Waals surface area contributed by atoms with Gasteiger partial charge >= 0.3 is 0 Å². The zero-order chi connectivity index (χ0) is 20.5. The molecule has 2 N–H and O–H groups in total. The molecule has 6 heteroatoms. The summed E-state index contributed by atoms with van der Waals surface area (Å²) in [5.41, 5.74) is 3.48. The molecule has 5 nitrogen and oxygen atoms in total. The van der Waals surface area contributed by atoms with Crippen LogP contribution in [0.3, 0.4) is 0 Å². The molecule has 1 aliphatic rings. The Morgan fingerprint density at radius 2 is 1.70 bits per heavy atom. The Morgan fingerprint density at radius 3 is 2.53 bits per heavy atom. The molecule has 5 rings (SSSR count). The molecule has 0 saturated heterocycles. The number of halogens is 1. The molecule has 148 valence electrons. The highest BCUT2D eigenvalue weighted by Gasteiger charge is 2.44. The molecular formula is C24H19ClN4O. The lowest BCUT2D eigenvalue weighted by atomic mass is 10.1. The Morgan fingerprint density at radius 1 is 0.967 bits per heavy atom. The van der Waals surface area contributed by atoms with Crippen molar-refractivity contribution in [3.8, 4) is 22.8 Å². The van der Waals surface area contributed by atoms with E-state index in [1.54, 1.807) is 0 Å². The van der Waals surface area contributed by atoms with E-state index in [2.05, 4.69) is 20.5 Å². The second kappa shape index (κ2) is 7.76.